The van der Waals surface area contributed by atoms with Crippen molar-refractivity contribution in [3.05, 3.63) is 36.0 Å². The zero-order valence-corrected chi connectivity index (χ0v) is 16.7. The Kier molecular flexibility index (Phi) is 6.91. The number of hydrogen-bond acceptors (Lipinski definition) is 7. The largest absolute Gasteiger partial charge is 0.477 e. The van der Waals surface area contributed by atoms with Crippen molar-refractivity contribution in [1.82, 2.24) is 14.9 Å². The first-order valence-corrected chi connectivity index (χ1v) is 10.1. The summed E-state index contributed by atoms with van der Waals surface area (Å²) < 4.78 is 5.99. The summed E-state index contributed by atoms with van der Waals surface area (Å²) in [5, 5.41) is 8.95. The molecule has 1 fully saturated rings. The van der Waals surface area contributed by atoms with E-state index in [1.165, 1.54) is 0 Å². The summed E-state index contributed by atoms with van der Waals surface area (Å²) >= 11 is 1.56. The van der Waals surface area contributed by atoms with Crippen LogP contribution >= 0.6 is 11.8 Å². The van der Waals surface area contributed by atoms with Crippen molar-refractivity contribution in [2.45, 2.75) is 29.6 Å². The Morgan fingerprint density at radius 2 is 1.93 bits per heavy atom. The Morgan fingerprint density at radius 1 is 1.19 bits per heavy atom. The van der Waals surface area contributed by atoms with Gasteiger partial charge in [0.1, 0.15) is 0 Å². The average Bonchev–Trinajstić information content (AvgIpc) is 2.70. The van der Waals surface area contributed by atoms with Gasteiger partial charge in [-0.1, -0.05) is 25.1 Å². The van der Waals surface area contributed by atoms with Gasteiger partial charge < -0.3 is 14.5 Å². The molecule has 6 nitrogen and oxygen atoms in total. The van der Waals surface area contributed by atoms with Crippen LogP contribution in [0.25, 0.3) is 0 Å². The standard InChI is InChI=1S/C20H25N5OS/c1-3-4-13-26-19-18(27-17-7-5-16(14-21)6-8-17)15-22-20(23-19)25-11-9-24(2)10-12-25/h5-8,15H,3-4,9-13H2,1-2H3. The first kappa shape index (κ1) is 19.5. The Bertz CT molecular complexity index is 782. The monoisotopic (exact) mass is 383 g/mol. The number of unbranched alkanes of at least 4 members (excludes halogenated alkanes) is 1. The molecule has 0 atom stereocenters. The van der Waals surface area contributed by atoms with E-state index in [4.69, 9.17) is 15.0 Å². The third kappa shape index (κ3) is 5.34. The van der Waals surface area contributed by atoms with Gasteiger partial charge >= 0.3 is 0 Å². The van der Waals surface area contributed by atoms with E-state index >= 15 is 0 Å². The van der Waals surface area contributed by atoms with Gasteiger partial charge in [-0.15, -0.1) is 0 Å². The highest BCUT2D eigenvalue weighted by Crippen LogP contribution is 2.34. The van der Waals surface area contributed by atoms with Crippen molar-refractivity contribution in [2.24, 2.45) is 0 Å². The molecular weight excluding hydrogens is 358 g/mol. The van der Waals surface area contributed by atoms with Gasteiger partial charge in [0.25, 0.3) is 0 Å². The topological polar surface area (TPSA) is 65.3 Å². The van der Waals surface area contributed by atoms with Crippen LogP contribution < -0.4 is 9.64 Å². The summed E-state index contributed by atoms with van der Waals surface area (Å²) in [6.07, 6.45) is 3.92. The average molecular weight is 384 g/mol. The molecule has 7 heteroatoms. The molecule has 0 unspecified atom stereocenters. The van der Waals surface area contributed by atoms with Crippen LogP contribution in [0.2, 0.25) is 0 Å². The Labute approximate surface area is 165 Å². The number of benzene rings is 1. The number of likely N-dealkylation sites (N-methyl/N-ethyl adjacent to an activating group) is 1. The zero-order valence-electron chi connectivity index (χ0n) is 15.9. The van der Waals surface area contributed by atoms with Crippen LogP contribution in [0, 0.1) is 11.3 Å². The highest BCUT2D eigenvalue weighted by Gasteiger charge is 2.19. The molecule has 1 saturated heterocycles. The van der Waals surface area contributed by atoms with E-state index in [9.17, 15) is 0 Å². The predicted molar refractivity (Wildman–Crippen MR) is 107 cm³/mol. The number of hydrogen-bond donors (Lipinski definition) is 0. The van der Waals surface area contributed by atoms with Crippen molar-refractivity contribution in [2.75, 3.05) is 44.7 Å². The minimum absolute atomic E-state index is 0.640. The normalized spacial score (nSPS) is 14.8. The van der Waals surface area contributed by atoms with Gasteiger partial charge in [-0.25, -0.2) is 4.98 Å². The molecule has 1 aromatic heterocycles. The molecule has 2 aromatic rings. The summed E-state index contributed by atoms with van der Waals surface area (Å²) in [6.45, 7) is 6.66. The van der Waals surface area contributed by atoms with Crippen molar-refractivity contribution in [1.29, 1.82) is 5.26 Å². The number of aromatic nitrogens is 2. The van der Waals surface area contributed by atoms with Crippen LogP contribution in [-0.4, -0.2) is 54.7 Å². The molecule has 0 aliphatic carbocycles. The lowest BCUT2D eigenvalue weighted by Crippen LogP contribution is -2.45. The lowest BCUT2D eigenvalue weighted by molar-refractivity contribution is 0.287. The molecule has 0 N–H and O–H groups in total. The maximum atomic E-state index is 8.95. The molecule has 0 saturated carbocycles. The molecule has 0 radical (unpaired) electrons. The van der Waals surface area contributed by atoms with Gasteiger partial charge in [-0.2, -0.15) is 10.2 Å². The van der Waals surface area contributed by atoms with Gasteiger partial charge in [0.05, 0.1) is 29.3 Å². The fourth-order valence-corrected chi connectivity index (χ4v) is 3.54. The molecule has 2 heterocycles. The molecule has 1 aromatic carbocycles. The third-order valence-electron chi connectivity index (χ3n) is 4.44. The number of anilines is 1. The second kappa shape index (κ2) is 9.58. The number of nitrogens with zero attached hydrogens (tertiary/aromatic N) is 5. The predicted octanol–water partition coefficient (Wildman–Crippen LogP) is 3.43. The molecule has 0 amide bonds. The molecule has 1 aliphatic rings. The summed E-state index contributed by atoms with van der Waals surface area (Å²) in [6, 6.07) is 9.66. The minimum atomic E-state index is 0.640. The van der Waals surface area contributed by atoms with E-state index in [1.807, 2.05) is 30.5 Å². The van der Waals surface area contributed by atoms with Crippen LogP contribution in [0.15, 0.2) is 40.3 Å². The number of piperazine rings is 1. The van der Waals surface area contributed by atoms with Crippen LogP contribution in [0.5, 0.6) is 5.88 Å². The van der Waals surface area contributed by atoms with E-state index < -0.39 is 0 Å². The first-order valence-electron chi connectivity index (χ1n) is 9.31. The van der Waals surface area contributed by atoms with Crippen molar-refractivity contribution >= 4 is 17.7 Å². The van der Waals surface area contributed by atoms with Gasteiger partial charge in [-0.05, 0) is 37.7 Å². The second-order valence-corrected chi connectivity index (χ2v) is 7.69. The van der Waals surface area contributed by atoms with Gasteiger partial charge in [0, 0.05) is 31.1 Å². The maximum absolute atomic E-state index is 8.95. The highest BCUT2D eigenvalue weighted by atomic mass is 32.2. The van der Waals surface area contributed by atoms with Crippen LogP contribution in [0.3, 0.4) is 0 Å². The van der Waals surface area contributed by atoms with Gasteiger partial charge in [0.2, 0.25) is 11.8 Å². The maximum Gasteiger partial charge on any atom is 0.232 e. The van der Waals surface area contributed by atoms with Gasteiger partial charge in [0.15, 0.2) is 0 Å². The molecule has 1 aliphatic heterocycles. The zero-order chi connectivity index (χ0) is 19.1. The third-order valence-corrected chi connectivity index (χ3v) is 5.45. The quantitative estimate of drug-likeness (QED) is 0.679. The second-order valence-electron chi connectivity index (χ2n) is 6.57. The summed E-state index contributed by atoms with van der Waals surface area (Å²) in [5.74, 6) is 1.38. The van der Waals surface area contributed by atoms with Gasteiger partial charge in [-0.3, -0.25) is 0 Å². The van der Waals surface area contributed by atoms with Crippen molar-refractivity contribution in [3.63, 3.8) is 0 Å². The lowest BCUT2D eigenvalue weighted by Gasteiger charge is -2.32. The molecule has 142 valence electrons. The van der Waals surface area contributed by atoms with Crippen LogP contribution in [0.4, 0.5) is 5.95 Å². The SMILES string of the molecule is CCCCOc1nc(N2CCN(C)CC2)ncc1Sc1ccc(C#N)cc1. The van der Waals surface area contributed by atoms with Crippen LogP contribution in [-0.2, 0) is 0 Å². The van der Waals surface area contributed by atoms with E-state index in [0.29, 0.717) is 18.1 Å². The summed E-state index contributed by atoms with van der Waals surface area (Å²) in [7, 11) is 2.13. The fourth-order valence-electron chi connectivity index (χ4n) is 2.72. The van der Waals surface area contributed by atoms with Crippen LogP contribution in [0.1, 0.15) is 25.3 Å². The first-order chi connectivity index (χ1) is 13.2. The minimum Gasteiger partial charge on any atom is -0.477 e. The Balaban J connectivity index is 1.79. The Hall–Kier alpha value is -2.30. The number of nitriles is 1. The van der Waals surface area contributed by atoms with E-state index in [2.05, 4.69) is 34.8 Å². The number of rotatable bonds is 7. The smallest absolute Gasteiger partial charge is 0.232 e. The molecular formula is C20H25N5OS. The van der Waals surface area contributed by atoms with E-state index in [0.717, 1.165) is 54.8 Å². The van der Waals surface area contributed by atoms with E-state index in [-0.39, 0.29) is 0 Å². The Morgan fingerprint density at radius 3 is 2.59 bits per heavy atom. The van der Waals surface area contributed by atoms with E-state index in [1.54, 1.807) is 11.8 Å². The summed E-state index contributed by atoms with van der Waals surface area (Å²) in [5.41, 5.74) is 0.653. The summed E-state index contributed by atoms with van der Waals surface area (Å²) in [4.78, 5) is 15.8. The van der Waals surface area contributed by atoms with Crippen molar-refractivity contribution < 1.29 is 4.74 Å². The van der Waals surface area contributed by atoms with Crippen molar-refractivity contribution in [3.8, 4) is 11.9 Å². The molecule has 27 heavy (non-hydrogen) atoms. The lowest BCUT2D eigenvalue weighted by atomic mass is 10.2. The number of ether oxygens (including phenoxy) is 1. The molecule has 0 bridgehead atoms. The fraction of sp³-hybridized carbons (Fsp3) is 0.450. The highest BCUT2D eigenvalue weighted by molar-refractivity contribution is 7.99. The molecule has 0 spiro atoms. The molecule has 3 rings (SSSR count).